The third-order valence-corrected chi connectivity index (χ3v) is 6.16. The van der Waals surface area contributed by atoms with Gasteiger partial charge in [-0.15, -0.1) is 0 Å². The lowest BCUT2D eigenvalue weighted by Gasteiger charge is -2.28. The number of imidazole rings is 1. The van der Waals surface area contributed by atoms with E-state index in [1.165, 1.54) is 6.07 Å². The monoisotopic (exact) mass is 484 g/mol. The summed E-state index contributed by atoms with van der Waals surface area (Å²) in [4.78, 5) is 17.9. The second kappa shape index (κ2) is 9.93. The first kappa shape index (κ1) is 24.5. The second-order valence-corrected chi connectivity index (χ2v) is 8.38. The van der Waals surface area contributed by atoms with E-state index in [9.17, 15) is 23.8 Å². The Labute approximate surface area is 200 Å². The SMILES string of the molecule is CCn1cc(C(CO)(CO)CC(=O)c2c(C)nc3c(OCc4c(F)cccc4F)cccn23)cn1. The van der Waals surface area contributed by atoms with Gasteiger partial charge in [0.15, 0.2) is 17.2 Å². The number of ether oxygens (including phenoxy) is 1. The van der Waals surface area contributed by atoms with Crippen molar-refractivity contribution in [1.82, 2.24) is 19.2 Å². The average Bonchev–Trinajstić information content (AvgIpc) is 3.47. The zero-order valence-corrected chi connectivity index (χ0v) is 19.4. The Morgan fingerprint density at radius 2 is 1.86 bits per heavy atom. The van der Waals surface area contributed by atoms with Crippen LogP contribution in [0.3, 0.4) is 0 Å². The number of aliphatic hydroxyl groups excluding tert-OH is 2. The van der Waals surface area contributed by atoms with Crippen LogP contribution in [-0.2, 0) is 18.6 Å². The zero-order chi connectivity index (χ0) is 25.2. The molecule has 3 heterocycles. The number of fused-ring (bicyclic) bond motifs is 1. The van der Waals surface area contributed by atoms with E-state index in [2.05, 4.69) is 10.1 Å². The number of pyridine rings is 1. The van der Waals surface area contributed by atoms with Crippen LogP contribution in [0.5, 0.6) is 5.75 Å². The third kappa shape index (κ3) is 4.54. The van der Waals surface area contributed by atoms with Crippen molar-refractivity contribution in [3.63, 3.8) is 0 Å². The van der Waals surface area contributed by atoms with Gasteiger partial charge in [0, 0.05) is 30.9 Å². The first-order chi connectivity index (χ1) is 16.8. The Morgan fingerprint density at radius 3 is 2.49 bits per heavy atom. The van der Waals surface area contributed by atoms with Crippen LogP contribution in [0.25, 0.3) is 5.65 Å². The van der Waals surface area contributed by atoms with Gasteiger partial charge >= 0.3 is 0 Å². The van der Waals surface area contributed by atoms with Gasteiger partial charge in [-0.1, -0.05) is 6.07 Å². The first-order valence-electron chi connectivity index (χ1n) is 11.1. The van der Waals surface area contributed by atoms with Gasteiger partial charge in [0.05, 0.1) is 36.1 Å². The van der Waals surface area contributed by atoms with Crippen LogP contribution in [0, 0.1) is 18.6 Å². The molecule has 0 saturated heterocycles. The molecule has 0 unspecified atom stereocenters. The molecule has 0 atom stereocenters. The number of nitrogens with zero attached hydrogens (tertiary/aromatic N) is 4. The Bertz CT molecular complexity index is 1340. The van der Waals surface area contributed by atoms with E-state index in [4.69, 9.17) is 4.74 Å². The number of aliphatic hydroxyl groups is 2. The largest absolute Gasteiger partial charge is 0.485 e. The second-order valence-electron chi connectivity index (χ2n) is 8.38. The van der Waals surface area contributed by atoms with Crippen molar-refractivity contribution in [3.8, 4) is 5.75 Å². The molecule has 0 aliphatic heterocycles. The lowest BCUT2D eigenvalue weighted by atomic mass is 9.78. The minimum Gasteiger partial charge on any atom is -0.485 e. The highest BCUT2D eigenvalue weighted by atomic mass is 19.1. The fourth-order valence-corrected chi connectivity index (χ4v) is 4.07. The molecular formula is C25H26F2N4O4. The van der Waals surface area contributed by atoms with E-state index < -0.39 is 30.3 Å². The lowest BCUT2D eigenvalue weighted by molar-refractivity contribution is 0.0782. The van der Waals surface area contributed by atoms with Crippen molar-refractivity contribution in [2.45, 2.75) is 38.8 Å². The van der Waals surface area contributed by atoms with Gasteiger partial charge in [-0.25, -0.2) is 13.8 Å². The topological polar surface area (TPSA) is 102 Å². The summed E-state index contributed by atoms with van der Waals surface area (Å²) in [5.41, 5.74) is 0.103. The fourth-order valence-electron chi connectivity index (χ4n) is 4.07. The lowest BCUT2D eigenvalue weighted by Crippen LogP contribution is -2.37. The molecule has 0 radical (unpaired) electrons. The van der Waals surface area contributed by atoms with Crippen LogP contribution in [0.2, 0.25) is 0 Å². The van der Waals surface area contributed by atoms with Crippen LogP contribution >= 0.6 is 0 Å². The number of ketones is 1. The summed E-state index contributed by atoms with van der Waals surface area (Å²) in [5.74, 6) is -1.54. The number of carbonyl (C=O) groups is 1. The van der Waals surface area contributed by atoms with E-state index in [1.807, 2.05) is 6.92 Å². The molecule has 0 aliphatic rings. The molecule has 1 aromatic carbocycles. The van der Waals surface area contributed by atoms with Gasteiger partial charge in [-0.3, -0.25) is 13.9 Å². The molecule has 4 rings (SSSR count). The Hall–Kier alpha value is -3.63. The zero-order valence-electron chi connectivity index (χ0n) is 19.4. The number of carbonyl (C=O) groups excluding carboxylic acids is 1. The summed E-state index contributed by atoms with van der Waals surface area (Å²) in [5, 5.41) is 24.5. The molecule has 0 saturated carbocycles. The van der Waals surface area contributed by atoms with Crippen molar-refractivity contribution in [3.05, 3.63) is 83.1 Å². The van der Waals surface area contributed by atoms with Crippen molar-refractivity contribution in [2.24, 2.45) is 0 Å². The van der Waals surface area contributed by atoms with Crippen molar-refractivity contribution in [1.29, 1.82) is 0 Å². The van der Waals surface area contributed by atoms with Gasteiger partial charge in [0.2, 0.25) is 0 Å². The van der Waals surface area contributed by atoms with E-state index in [-0.39, 0.29) is 35.8 Å². The van der Waals surface area contributed by atoms with Gasteiger partial charge in [-0.2, -0.15) is 5.10 Å². The molecule has 35 heavy (non-hydrogen) atoms. The number of aryl methyl sites for hydroxylation is 2. The van der Waals surface area contributed by atoms with Crippen LogP contribution in [0.4, 0.5) is 8.78 Å². The first-order valence-corrected chi connectivity index (χ1v) is 11.1. The van der Waals surface area contributed by atoms with E-state index in [0.717, 1.165) is 12.1 Å². The van der Waals surface area contributed by atoms with Gasteiger partial charge in [0.1, 0.15) is 23.9 Å². The number of halogens is 2. The molecule has 2 N–H and O–H groups in total. The van der Waals surface area contributed by atoms with Gasteiger partial charge in [0.25, 0.3) is 0 Å². The molecule has 4 aromatic rings. The number of benzene rings is 1. The average molecular weight is 485 g/mol. The molecule has 10 heteroatoms. The van der Waals surface area contributed by atoms with Crippen LogP contribution in [-0.4, -0.2) is 48.4 Å². The highest BCUT2D eigenvalue weighted by molar-refractivity contribution is 5.97. The van der Waals surface area contributed by atoms with Gasteiger partial charge < -0.3 is 14.9 Å². The highest BCUT2D eigenvalue weighted by Crippen LogP contribution is 2.31. The number of rotatable bonds is 10. The Kier molecular flexibility index (Phi) is 6.95. The highest BCUT2D eigenvalue weighted by Gasteiger charge is 2.36. The quantitative estimate of drug-likeness (QED) is 0.335. The molecule has 0 aliphatic carbocycles. The number of Topliss-reactive ketones (excluding diaryl/α,β-unsaturated/α-hetero) is 1. The van der Waals surface area contributed by atoms with Gasteiger partial charge in [-0.05, 0) is 38.1 Å². The van der Waals surface area contributed by atoms with Crippen molar-refractivity contribution < 1.29 is 28.5 Å². The summed E-state index contributed by atoms with van der Waals surface area (Å²) in [6.45, 7) is 2.91. The fraction of sp³-hybridized carbons (Fsp3) is 0.320. The van der Waals surface area contributed by atoms with E-state index in [1.54, 1.807) is 46.7 Å². The molecule has 0 spiro atoms. The van der Waals surface area contributed by atoms with E-state index >= 15 is 0 Å². The summed E-state index contributed by atoms with van der Waals surface area (Å²) >= 11 is 0. The van der Waals surface area contributed by atoms with Crippen molar-refractivity contribution >= 4 is 11.4 Å². The summed E-state index contributed by atoms with van der Waals surface area (Å²) in [6.07, 6.45) is 4.69. The Morgan fingerprint density at radius 1 is 1.14 bits per heavy atom. The third-order valence-electron chi connectivity index (χ3n) is 6.16. The molecule has 3 aromatic heterocycles. The van der Waals surface area contributed by atoms with Crippen molar-refractivity contribution in [2.75, 3.05) is 13.2 Å². The standard InChI is InChI=1S/C25H26F2N4O4/c1-3-30-12-17(11-28-30)25(14-32,15-33)10-21(34)23-16(2)29-24-22(8-5-9-31(23)24)35-13-18-19(26)6-4-7-20(18)27/h4-9,11-12,32-33H,3,10,13-15H2,1-2H3. The predicted molar refractivity (Wildman–Crippen MR) is 123 cm³/mol. The normalized spacial score (nSPS) is 11.8. The van der Waals surface area contributed by atoms with Crippen LogP contribution in [0.1, 0.15) is 40.7 Å². The minimum absolute atomic E-state index is 0.185. The maximum atomic E-state index is 14.0. The predicted octanol–water partition coefficient (Wildman–Crippen LogP) is 3.21. The van der Waals surface area contributed by atoms with Crippen LogP contribution in [0.15, 0.2) is 48.9 Å². The molecular weight excluding hydrogens is 458 g/mol. The number of hydrogen-bond donors (Lipinski definition) is 2. The maximum Gasteiger partial charge on any atom is 0.182 e. The molecule has 8 nitrogen and oxygen atoms in total. The molecule has 0 bridgehead atoms. The molecule has 184 valence electrons. The van der Waals surface area contributed by atoms with Crippen LogP contribution < -0.4 is 4.74 Å². The van der Waals surface area contributed by atoms with E-state index in [0.29, 0.717) is 23.4 Å². The Balaban J connectivity index is 1.65. The maximum absolute atomic E-state index is 14.0. The minimum atomic E-state index is -1.22. The summed E-state index contributed by atoms with van der Waals surface area (Å²) in [6, 6.07) is 6.81. The molecule has 0 fully saturated rings. The summed E-state index contributed by atoms with van der Waals surface area (Å²) in [7, 11) is 0. The number of hydrogen-bond acceptors (Lipinski definition) is 6. The summed E-state index contributed by atoms with van der Waals surface area (Å²) < 4.78 is 36.9. The smallest absolute Gasteiger partial charge is 0.182 e. The number of aromatic nitrogens is 4. The molecule has 0 amide bonds.